The second kappa shape index (κ2) is 6.39. The fraction of sp³-hybridized carbons (Fsp3) is 0.667. The molecule has 1 aromatic rings. The highest BCUT2D eigenvalue weighted by Crippen LogP contribution is 2.09. The van der Waals surface area contributed by atoms with Gasteiger partial charge in [-0.25, -0.2) is 4.98 Å². The van der Waals surface area contributed by atoms with Crippen LogP contribution >= 0.6 is 0 Å². The van der Waals surface area contributed by atoms with E-state index in [-0.39, 0.29) is 11.5 Å². The summed E-state index contributed by atoms with van der Waals surface area (Å²) in [5.41, 5.74) is -0.104. The lowest BCUT2D eigenvalue weighted by Crippen LogP contribution is -2.24. The molecule has 1 atom stereocenters. The summed E-state index contributed by atoms with van der Waals surface area (Å²) in [5, 5.41) is 6.31. The molecule has 0 amide bonds. The lowest BCUT2D eigenvalue weighted by molar-refractivity contribution is 0.568. The summed E-state index contributed by atoms with van der Waals surface area (Å²) in [5.74, 6) is 2.09. The number of hydrogen-bond acceptors (Lipinski definition) is 4. The molecule has 0 bridgehead atoms. The first-order valence-corrected chi connectivity index (χ1v) is 6.02. The van der Waals surface area contributed by atoms with Gasteiger partial charge >= 0.3 is 0 Å². The van der Waals surface area contributed by atoms with Gasteiger partial charge in [0.1, 0.15) is 11.6 Å². The molecule has 0 fully saturated rings. The van der Waals surface area contributed by atoms with Gasteiger partial charge < -0.3 is 15.6 Å². The van der Waals surface area contributed by atoms with Gasteiger partial charge in [0.2, 0.25) is 0 Å². The summed E-state index contributed by atoms with van der Waals surface area (Å²) < 4.78 is 0. The minimum absolute atomic E-state index is 0.104. The Labute approximate surface area is 102 Å². The molecule has 1 unspecified atom stereocenters. The van der Waals surface area contributed by atoms with E-state index < -0.39 is 0 Å². The van der Waals surface area contributed by atoms with Gasteiger partial charge in [-0.1, -0.05) is 20.8 Å². The van der Waals surface area contributed by atoms with Crippen LogP contribution in [0.4, 0.5) is 5.82 Å². The summed E-state index contributed by atoms with van der Waals surface area (Å²) in [6, 6.07) is 1.50. The molecule has 0 aromatic carbocycles. The van der Waals surface area contributed by atoms with Crippen molar-refractivity contribution in [2.24, 2.45) is 5.92 Å². The van der Waals surface area contributed by atoms with Gasteiger partial charge in [-0.2, -0.15) is 0 Å². The Kier molecular flexibility index (Phi) is 5.15. The summed E-state index contributed by atoms with van der Waals surface area (Å²) in [6.45, 7) is 7.89. The molecule has 5 heteroatoms. The molecule has 1 rings (SSSR count). The maximum absolute atomic E-state index is 11.4. The third-order valence-corrected chi connectivity index (χ3v) is 2.49. The number of anilines is 1. The van der Waals surface area contributed by atoms with Gasteiger partial charge in [-0.3, -0.25) is 4.79 Å². The standard InChI is InChI=1S/C12H22N4O/c1-8(2)12-15-10(5-11(17)16-12)14-7-9(3)6-13-4/h5,8-9,13H,6-7H2,1-4H3,(H2,14,15,16,17). The van der Waals surface area contributed by atoms with Crippen molar-refractivity contribution in [2.45, 2.75) is 26.7 Å². The molecule has 1 aromatic heterocycles. The van der Waals surface area contributed by atoms with E-state index in [9.17, 15) is 4.79 Å². The van der Waals surface area contributed by atoms with Crippen molar-refractivity contribution in [2.75, 3.05) is 25.5 Å². The van der Waals surface area contributed by atoms with Crippen LogP contribution in [0, 0.1) is 5.92 Å². The van der Waals surface area contributed by atoms with Crippen molar-refractivity contribution in [3.63, 3.8) is 0 Å². The molecule has 0 spiro atoms. The topological polar surface area (TPSA) is 69.8 Å². The number of hydrogen-bond donors (Lipinski definition) is 3. The molecule has 5 nitrogen and oxygen atoms in total. The number of rotatable bonds is 6. The van der Waals surface area contributed by atoms with Crippen LogP contribution in [0.1, 0.15) is 32.5 Å². The summed E-state index contributed by atoms with van der Waals surface area (Å²) >= 11 is 0. The first kappa shape index (κ1) is 13.7. The van der Waals surface area contributed by atoms with Crippen LogP contribution in [0.3, 0.4) is 0 Å². The molecule has 1 heterocycles. The first-order chi connectivity index (χ1) is 8.02. The highest BCUT2D eigenvalue weighted by Gasteiger charge is 2.06. The highest BCUT2D eigenvalue weighted by molar-refractivity contribution is 5.33. The quantitative estimate of drug-likeness (QED) is 0.695. The van der Waals surface area contributed by atoms with Crippen molar-refractivity contribution < 1.29 is 0 Å². The molecule has 0 aliphatic carbocycles. The Morgan fingerprint density at radius 3 is 2.65 bits per heavy atom. The molecule has 3 N–H and O–H groups in total. The summed E-state index contributed by atoms with van der Waals surface area (Å²) in [4.78, 5) is 18.6. The van der Waals surface area contributed by atoms with Crippen molar-refractivity contribution in [1.29, 1.82) is 0 Å². The van der Waals surface area contributed by atoms with Gasteiger partial charge in [0.05, 0.1) is 0 Å². The van der Waals surface area contributed by atoms with Crippen molar-refractivity contribution in [1.82, 2.24) is 15.3 Å². The second-order valence-electron chi connectivity index (χ2n) is 4.71. The maximum atomic E-state index is 11.4. The van der Waals surface area contributed by atoms with Gasteiger partial charge in [0.25, 0.3) is 5.56 Å². The third-order valence-electron chi connectivity index (χ3n) is 2.49. The van der Waals surface area contributed by atoms with E-state index >= 15 is 0 Å². The van der Waals surface area contributed by atoms with Gasteiger partial charge in [-0.15, -0.1) is 0 Å². The average Bonchev–Trinajstić information content (AvgIpc) is 2.26. The molecule has 0 saturated carbocycles. The van der Waals surface area contributed by atoms with Crippen molar-refractivity contribution in [3.8, 4) is 0 Å². The van der Waals surface area contributed by atoms with E-state index in [1.54, 1.807) is 0 Å². The SMILES string of the molecule is CNCC(C)CNc1cc(=O)[nH]c(C(C)C)n1. The number of H-pyrrole nitrogens is 1. The zero-order valence-corrected chi connectivity index (χ0v) is 11.0. The van der Waals surface area contributed by atoms with Crippen LogP contribution in [0.15, 0.2) is 10.9 Å². The molecule has 0 aliphatic heterocycles. The van der Waals surface area contributed by atoms with Crippen LogP contribution in [-0.2, 0) is 0 Å². The minimum atomic E-state index is -0.104. The molecule has 0 aliphatic rings. The van der Waals surface area contributed by atoms with Crippen LogP contribution < -0.4 is 16.2 Å². The zero-order chi connectivity index (χ0) is 12.8. The monoisotopic (exact) mass is 238 g/mol. The summed E-state index contributed by atoms with van der Waals surface area (Å²) in [7, 11) is 1.93. The second-order valence-corrected chi connectivity index (χ2v) is 4.71. The Bertz CT molecular complexity index is 400. The van der Waals surface area contributed by atoms with E-state index in [4.69, 9.17) is 0 Å². The largest absolute Gasteiger partial charge is 0.370 e. The van der Waals surface area contributed by atoms with Gasteiger partial charge in [0, 0.05) is 18.5 Å². The van der Waals surface area contributed by atoms with Crippen LogP contribution in [0.5, 0.6) is 0 Å². The fourth-order valence-electron chi connectivity index (χ4n) is 1.54. The highest BCUT2D eigenvalue weighted by atomic mass is 16.1. The molecule has 0 saturated heterocycles. The number of nitrogens with one attached hydrogen (secondary N) is 3. The van der Waals surface area contributed by atoms with E-state index in [1.807, 2.05) is 20.9 Å². The average molecular weight is 238 g/mol. The Morgan fingerprint density at radius 1 is 1.35 bits per heavy atom. The molecular formula is C12H22N4O. The number of nitrogens with zero attached hydrogens (tertiary/aromatic N) is 1. The van der Waals surface area contributed by atoms with Gasteiger partial charge in [0.15, 0.2) is 0 Å². The third kappa shape index (κ3) is 4.56. The summed E-state index contributed by atoms with van der Waals surface area (Å²) in [6.07, 6.45) is 0. The zero-order valence-electron chi connectivity index (χ0n) is 11.0. The van der Waals surface area contributed by atoms with Gasteiger partial charge in [-0.05, 0) is 19.5 Å². The fourth-order valence-corrected chi connectivity index (χ4v) is 1.54. The maximum Gasteiger partial charge on any atom is 0.252 e. The molecule has 17 heavy (non-hydrogen) atoms. The van der Waals surface area contributed by atoms with Crippen molar-refractivity contribution in [3.05, 3.63) is 22.2 Å². The Hall–Kier alpha value is -1.36. The van der Waals surface area contributed by atoms with E-state index in [2.05, 4.69) is 27.5 Å². The minimum Gasteiger partial charge on any atom is -0.370 e. The molecule has 0 radical (unpaired) electrons. The predicted molar refractivity (Wildman–Crippen MR) is 70.5 cm³/mol. The molecule has 96 valence electrons. The van der Waals surface area contributed by atoms with Crippen LogP contribution in [0.25, 0.3) is 0 Å². The van der Waals surface area contributed by atoms with Crippen LogP contribution in [-0.4, -0.2) is 30.1 Å². The van der Waals surface area contributed by atoms with E-state index in [1.165, 1.54) is 6.07 Å². The molecular weight excluding hydrogens is 216 g/mol. The predicted octanol–water partition coefficient (Wildman–Crippen LogP) is 1.16. The van der Waals surface area contributed by atoms with E-state index in [0.29, 0.717) is 11.7 Å². The lowest BCUT2D eigenvalue weighted by Gasteiger charge is -2.13. The van der Waals surface area contributed by atoms with Crippen LogP contribution in [0.2, 0.25) is 0 Å². The Morgan fingerprint density at radius 2 is 2.06 bits per heavy atom. The smallest absolute Gasteiger partial charge is 0.252 e. The lowest BCUT2D eigenvalue weighted by atomic mass is 10.2. The number of aromatic nitrogens is 2. The van der Waals surface area contributed by atoms with Crippen molar-refractivity contribution >= 4 is 5.82 Å². The normalized spacial score (nSPS) is 12.8. The van der Waals surface area contributed by atoms with E-state index in [0.717, 1.165) is 18.9 Å². The Balaban J connectivity index is 2.68. The first-order valence-electron chi connectivity index (χ1n) is 6.02. The number of aromatic amines is 1.